The van der Waals surface area contributed by atoms with Gasteiger partial charge in [-0.1, -0.05) is 96.5 Å². The molecule has 5 nitrogen and oxygen atoms in total. The molecule has 5 heteroatoms. The first-order valence-electron chi connectivity index (χ1n) is 11.6. The number of aromatic carboxylic acids is 2. The van der Waals surface area contributed by atoms with Crippen molar-refractivity contribution < 1.29 is 24.9 Å². The molecule has 1 aromatic rings. The van der Waals surface area contributed by atoms with Crippen LogP contribution in [0, 0.1) is 6.92 Å². The Morgan fingerprint density at radius 2 is 1.00 bits per heavy atom. The van der Waals surface area contributed by atoms with E-state index in [9.17, 15) is 9.59 Å². The molecule has 0 saturated heterocycles. The highest BCUT2D eigenvalue weighted by Gasteiger charge is 2.13. The normalized spacial score (nSPS) is 10.4. The van der Waals surface area contributed by atoms with Gasteiger partial charge in [0.05, 0.1) is 11.1 Å². The molecule has 0 heterocycles. The molecule has 0 amide bonds. The predicted octanol–water partition coefficient (Wildman–Crippen LogP) is 6.85. The largest absolute Gasteiger partial charge is 0.478 e. The molecule has 3 N–H and O–H groups in total. The molecule has 0 aromatic heterocycles. The summed E-state index contributed by atoms with van der Waals surface area (Å²) in [5, 5.41) is 26.0. The molecule has 172 valence electrons. The zero-order valence-electron chi connectivity index (χ0n) is 19.0. The van der Waals surface area contributed by atoms with Crippen molar-refractivity contribution in [3.63, 3.8) is 0 Å². The number of hydrogen-bond acceptors (Lipinski definition) is 3. The lowest BCUT2D eigenvalue weighted by molar-refractivity contribution is 0.0696. The van der Waals surface area contributed by atoms with Crippen LogP contribution in [-0.4, -0.2) is 33.9 Å². The summed E-state index contributed by atoms with van der Waals surface area (Å²) in [5.74, 6) is -2.22. The molecule has 0 aliphatic rings. The van der Waals surface area contributed by atoms with E-state index >= 15 is 0 Å². The van der Waals surface area contributed by atoms with E-state index in [-0.39, 0.29) is 16.7 Å². The standard InChI is InChI=1S/C16H34O.C9H8O4/c1-2-3-4-5-6-7-8-9-10-11-12-13-14-15-16-17;1-5-6(8(10)11)3-2-4-7(5)9(12)13/h17H,2-16H2,1H3;2-4H,1H3,(H,10,11)(H,12,13). The van der Waals surface area contributed by atoms with E-state index in [1.54, 1.807) is 0 Å². The van der Waals surface area contributed by atoms with Gasteiger partial charge in [-0.15, -0.1) is 0 Å². The first kappa shape index (κ1) is 28.1. The van der Waals surface area contributed by atoms with Crippen molar-refractivity contribution in [1.82, 2.24) is 0 Å². The number of unbranched alkanes of at least 4 members (excludes halogenated alkanes) is 13. The first-order chi connectivity index (χ1) is 14.5. The molecule has 30 heavy (non-hydrogen) atoms. The Bertz CT molecular complexity index is 537. The van der Waals surface area contributed by atoms with Crippen molar-refractivity contribution in [2.24, 2.45) is 0 Å². The third-order valence-electron chi connectivity index (χ3n) is 5.31. The van der Waals surface area contributed by atoms with Gasteiger partial charge in [-0.2, -0.15) is 0 Å². The molecule has 1 aromatic carbocycles. The van der Waals surface area contributed by atoms with Crippen LogP contribution in [0.5, 0.6) is 0 Å². The van der Waals surface area contributed by atoms with E-state index in [1.807, 2.05) is 0 Å². The average Bonchev–Trinajstić information content (AvgIpc) is 2.71. The summed E-state index contributed by atoms with van der Waals surface area (Å²) in [6.45, 7) is 4.13. The lowest BCUT2D eigenvalue weighted by Gasteiger charge is -2.03. The fourth-order valence-corrected chi connectivity index (χ4v) is 3.41. The number of benzene rings is 1. The van der Waals surface area contributed by atoms with Crippen molar-refractivity contribution in [3.8, 4) is 0 Å². The third kappa shape index (κ3) is 14.2. The minimum Gasteiger partial charge on any atom is -0.478 e. The number of aliphatic hydroxyl groups is 1. The molecule has 0 radical (unpaired) electrons. The SMILES string of the molecule is CCCCCCCCCCCCCCCCO.Cc1c(C(=O)O)cccc1C(=O)O. The van der Waals surface area contributed by atoms with Crippen LogP contribution < -0.4 is 0 Å². The topological polar surface area (TPSA) is 94.8 Å². The number of carboxylic acid groups (broad SMARTS) is 2. The minimum absolute atomic E-state index is 0.0277. The number of rotatable bonds is 16. The second-order valence-corrected chi connectivity index (χ2v) is 7.91. The van der Waals surface area contributed by atoms with Gasteiger partial charge < -0.3 is 15.3 Å². The molecule has 1 rings (SSSR count). The molecule has 0 spiro atoms. The fourth-order valence-electron chi connectivity index (χ4n) is 3.41. The first-order valence-corrected chi connectivity index (χ1v) is 11.6. The van der Waals surface area contributed by atoms with E-state index in [4.69, 9.17) is 15.3 Å². The van der Waals surface area contributed by atoms with Crippen molar-refractivity contribution in [2.75, 3.05) is 6.61 Å². The van der Waals surface area contributed by atoms with Crippen LogP contribution in [-0.2, 0) is 0 Å². The summed E-state index contributed by atoms with van der Waals surface area (Å²) >= 11 is 0. The van der Waals surface area contributed by atoms with E-state index in [0.29, 0.717) is 6.61 Å². The number of carbonyl (C=O) groups is 2. The maximum atomic E-state index is 10.6. The summed E-state index contributed by atoms with van der Waals surface area (Å²) < 4.78 is 0. The van der Waals surface area contributed by atoms with Gasteiger partial charge in [-0.05, 0) is 31.0 Å². The predicted molar refractivity (Wildman–Crippen MR) is 122 cm³/mol. The maximum absolute atomic E-state index is 10.6. The van der Waals surface area contributed by atoms with Gasteiger partial charge in [0.1, 0.15) is 0 Å². The Balaban J connectivity index is 0.000000579. The van der Waals surface area contributed by atoms with Gasteiger partial charge in [-0.3, -0.25) is 0 Å². The van der Waals surface area contributed by atoms with Gasteiger partial charge in [0.2, 0.25) is 0 Å². The second-order valence-electron chi connectivity index (χ2n) is 7.91. The molecule has 0 atom stereocenters. The summed E-state index contributed by atoms with van der Waals surface area (Å²) in [7, 11) is 0. The quantitative estimate of drug-likeness (QED) is 0.253. The van der Waals surface area contributed by atoms with Gasteiger partial charge in [0.15, 0.2) is 0 Å². The van der Waals surface area contributed by atoms with Crippen molar-refractivity contribution >= 4 is 11.9 Å². The van der Waals surface area contributed by atoms with E-state index in [1.165, 1.54) is 109 Å². The van der Waals surface area contributed by atoms with Crippen LogP contribution >= 0.6 is 0 Å². The number of carboxylic acids is 2. The molecular formula is C25H42O5. The molecular weight excluding hydrogens is 380 g/mol. The Hall–Kier alpha value is -1.88. The maximum Gasteiger partial charge on any atom is 0.335 e. The van der Waals surface area contributed by atoms with Crippen LogP contribution in [0.2, 0.25) is 0 Å². The van der Waals surface area contributed by atoms with Crippen molar-refractivity contribution in [2.45, 2.75) is 104 Å². The highest BCUT2D eigenvalue weighted by molar-refractivity contribution is 5.96. The Morgan fingerprint density at radius 1 is 0.667 bits per heavy atom. The monoisotopic (exact) mass is 422 g/mol. The Morgan fingerprint density at radius 3 is 1.30 bits per heavy atom. The van der Waals surface area contributed by atoms with Crippen LogP contribution in [0.25, 0.3) is 0 Å². The summed E-state index contributed by atoms with van der Waals surface area (Å²) in [6.07, 6.45) is 19.2. The average molecular weight is 423 g/mol. The molecule has 0 unspecified atom stereocenters. The van der Waals surface area contributed by atoms with Gasteiger partial charge in [0.25, 0.3) is 0 Å². The van der Waals surface area contributed by atoms with Crippen LogP contribution in [0.1, 0.15) is 123 Å². The summed E-state index contributed by atoms with van der Waals surface area (Å²) in [6, 6.07) is 4.17. The lowest BCUT2D eigenvalue weighted by Crippen LogP contribution is -2.06. The molecule has 0 bridgehead atoms. The van der Waals surface area contributed by atoms with Gasteiger partial charge in [0, 0.05) is 6.61 Å². The van der Waals surface area contributed by atoms with Crippen LogP contribution in [0.4, 0.5) is 0 Å². The van der Waals surface area contributed by atoms with E-state index in [0.717, 1.165) is 6.42 Å². The second kappa shape index (κ2) is 19.1. The minimum atomic E-state index is -1.11. The van der Waals surface area contributed by atoms with E-state index < -0.39 is 11.9 Å². The van der Waals surface area contributed by atoms with Crippen molar-refractivity contribution in [3.05, 3.63) is 34.9 Å². The van der Waals surface area contributed by atoms with Gasteiger partial charge >= 0.3 is 11.9 Å². The smallest absolute Gasteiger partial charge is 0.335 e. The summed E-state index contributed by atoms with van der Waals surface area (Å²) in [4.78, 5) is 21.2. The molecule has 0 aliphatic heterocycles. The number of hydrogen-bond donors (Lipinski definition) is 3. The number of aliphatic hydroxyl groups excluding tert-OH is 1. The Kier molecular flexibility index (Phi) is 17.9. The van der Waals surface area contributed by atoms with Crippen LogP contribution in [0.3, 0.4) is 0 Å². The highest BCUT2D eigenvalue weighted by Crippen LogP contribution is 2.14. The van der Waals surface area contributed by atoms with Crippen LogP contribution in [0.15, 0.2) is 18.2 Å². The highest BCUT2D eigenvalue weighted by atomic mass is 16.4. The van der Waals surface area contributed by atoms with Crippen molar-refractivity contribution in [1.29, 1.82) is 0 Å². The zero-order valence-corrected chi connectivity index (χ0v) is 19.0. The van der Waals surface area contributed by atoms with Gasteiger partial charge in [-0.25, -0.2) is 9.59 Å². The van der Waals surface area contributed by atoms with E-state index in [2.05, 4.69) is 6.92 Å². The summed E-state index contributed by atoms with van der Waals surface area (Å²) in [5.41, 5.74) is 0.335. The molecule has 0 aliphatic carbocycles. The third-order valence-corrected chi connectivity index (χ3v) is 5.31. The fraction of sp³-hybridized carbons (Fsp3) is 0.680. The molecule has 0 fully saturated rings. The zero-order chi connectivity index (χ0) is 22.6. The Labute approximate surface area is 182 Å². The lowest BCUT2D eigenvalue weighted by atomic mass is 10.0. The molecule has 0 saturated carbocycles.